The highest BCUT2D eigenvalue weighted by molar-refractivity contribution is 5.82. The maximum absolute atomic E-state index is 12.8. The van der Waals surface area contributed by atoms with Gasteiger partial charge in [-0.25, -0.2) is 4.39 Å². The van der Waals surface area contributed by atoms with Crippen molar-refractivity contribution in [1.82, 2.24) is 5.32 Å². The molecule has 0 unspecified atom stereocenters. The molecule has 4 nitrogen and oxygen atoms in total. The van der Waals surface area contributed by atoms with E-state index in [0.717, 1.165) is 12.8 Å². The molecule has 1 aliphatic rings. The minimum Gasteiger partial charge on any atom is -0.481 e. The smallest absolute Gasteiger partial charge is 0.305 e. The van der Waals surface area contributed by atoms with E-state index in [1.165, 1.54) is 24.3 Å². The zero-order valence-electron chi connectivity index (χ0n) is 9.73. The summed E-state index contributed by atoms with van der Waals surface area (Å²) in [6.07, 6.45) is 1.51. The number of rotatable bonds is 5. The van der Waals surface area contributed by atoms with Crippen molar-refractivity contribution in [2.24, 2.45) is 5.92 Å². The molecule has 1 aromatic rings. The van der Waals surface area contributed by atoms with Crippen LogP contribution in [-0.4, -0.2) is 17.0 Å². The number of nitrogens with one attached hydrogen (secondary N) is 1. The minimum atomic E-state index is -1.000. The number of carbonyl (C=O) groups excluding carboxylic acids is 1. The molecule has 96 valence electrons. The summed E-state index contributed by atoms with van der Waals surface area (Å²) in [5.74, 6) is -1.49. The lowest BCUT2D eigenvalue weighted by Crippen LogP contribution is -2.31. The number of benzene rings is 1. The van der Waals surface area contributed by atoms with Gasteiger partial charge in [-0.3, -0.25) is 9.59 Å². The number of hydrogen-bond acceptors (Lipinski definition) is 2. The molecule has 1 aromatic carbocycles. The second-order valence-electron chi connectivity index (χ2n) is 4.48. The standard InChI is InChI=1S/C13H14FNO3/c14-10-5-3-8(4-6-10)11(7-12(16)17)15-13(18)9-1-2-9/h3-6,9,11H,1-2,7H2,(H,15,18)(H,16,17)/t11-/m0/s1. The van der Waals surface area contributed by atoms with Gasteiger partial charge in [0.15, 0.2) is 0 Å². The van der Waals surface area contributed by atoms with Gasteiger partial charge in [0.05, 0.1) is 12.5 Å². The quantitative estimate of drug-likeness (QED) is 0.839. The summed E-state index contributed by atoms with van der Waals surface area (Å²) in [5.41, 5.74) is 0.604. The van der Waals surface area contributed by atoms with Crippen LogP contribution in [0.5, 0.6) is 0 Å². The Kier molecular flexibility index (Phi) is 3.60. The van der Waals surface area contributed by atoms with Gasteiger partial charge in [0, 0.05) is 5.92 Å². The van der Waals surface area contributed by atoms with Crippen molar-refractivity contribution in [2.75, 3.05) is 0 Å². The Morgan fingerprint density at radius 3 is 2.44 bits per heavy atom. The third-order valence-electron chi connectivity index (χ3n) is 2.92. The van der Waals surface area contributed by atoms with Crippen LogP contribution in [0.15, 0.2) is 24.3 Å². The molecule has 0 aliphatic heterocycles. The summed E-state index contributed by atoms with van der Waals surface area (Å²) < 4.78 is 12.8. The first-order valence-electron chi connectivity index (χ1n) is 5.84. The van der Waals surface area contributed by atoms with Gasteiger partial charge in [0.25, 0.3) is 0 Å². The molecule has 5 heteroatoms. The van der Waals surface area contributed by atoms with Crippen molar-refractivity contribution < 1.29 is 19.1 Å². The highest BCUT2D eigenvalue weighted by atomic mass is 19.1. The lowest BCUT2D eigenvalue weighted by atomic mass is 10.0. The Morgan fingerprint density at radius 1 is 1.33 bits per heavy atom. The maximum Gasteiger partial charge on any atom is 0.305 e. The molecular formula is C13H14FNO3. The van der Waals surface area contributed by atoms with E-state index < -0.39 is 12.0 Å². The molecule has 0 aromatic heterocycles. The van der Waals surface area contributed by atoms with Crippen LogP contribution in [-0.2, 0) is 9.59 Å². The van der Waals surface area contributed by atoms with Crippen LogP contribution in [0.2, 0.25) is 0 Å². The summed E-state index contributed by atoms with van der Waals surface area (Å²) in [6.45, 7) is 0. The van der Waals surface area contributed by atoms with Crippen molar-refractivity contribution in [3.8, 4) is 0 Å². The third-order valence-corrected chi connectivity index (χ3v) is 2.92. The summed E-state index contributed by atoms with van der Waals surface area (Å²) >= 11 is 0. The molecule has 18 heavy (non-hydrogen) atoms. The summed E-state index contributed by atoms with van der Waals surface area (Å²) in [4.78, 5) is 22.5. The topological polar surface area (TPSA) is 66.4 Å². The van der Waals surface area contributed by atoms with Crippen molar-refractivity contribution in [1.29, 1.82) is 0 Å². The summed E-state index contributed by atoms with van der Waals surface area (Å²) in [5, 5.41) is 11.5. The molecule has 0 bridgehead atoms. The van der Waals surface area contributed by atoms with Gasteiger partial charge in [-0.1, -0.05) is 12.1 Å². The van der Waals surface area contributed by atoms with Gasteiger partial charge in [-0.05, 0) is 30.5 Å². The maximum atomic E-state index is 12.8. The number of aliphatic carboxylic acids is 1. The Bertz CT molecular complexity index is 454. The normalized spacial score (nSPS) is 16.1. The van der Waals surface area contributed by atoms with Gasteiger partial charge >= 0.3 is 5.97 Å². The molecule has 2 N–H and O–H groups in total. The van der Waals surface area contributed by atoms with Crippen LogP contribution in [0.1, 0.15) is 30.9 Å². The lowest BCUT2D eigenvalue weighted by Gasteiger charge is -2.17. The van der Waals surface area contributed by atoms with Gasteiger partial charge in [0.1, 0.15) is 5.82 Å². The van der Waals surface area contributed by atoms with Crippen molar-refractivity contribution >= 4 is 11.9 Å². The van der Waals surface area contributed by atoms with E-state index in [1.807, 2.05) is 0 Å². The number of carboxylic acids is 1. The largest absolute Gasteiger partial charge is 0.481 e. The van der Waals surface area contributed by atoms with Crippen LogP contribution in [0, 0.1) is 11.7 Å². The van der Waals surface area contributed by atoms with E-state index in [0.29, 0.717) is 5.56 Å². The second-order valence-corrected chi connectivity index (χ2v) is 4.48. The van der Waals surface area contributed by atoms with Crippen LogP contribution < -0.4 is 5.32 Å². The van der Waals surface area contributed by atoms with Gasteiger partial charge in [-0.15, -0.1) is 0 Å². The lowest BCUT2D eigenvalue weighted by molar-refractivity contribution is -0.137. The Balaban J connectivity index is 2.10. The molecule has 0 saturated heterocycles. The van der Waals surface area contributed by atoms with Crippen LogP contribution >= 0.6 is 0 Å². The minimum absolute atomic E-state index is 0.0155. The average Bonchev–Trinajstić information content (AvgIpc) is 3.12. The Hall–Kier alpha value is -1.91. The molecular weight excluding hydrogens is 237 g/mol. The molecule has 2 rings (SSSR count). The molecule has 1 aliphatic carbocycles. The van der Waals surface area contributed by atoms with E-state index in [-0.39, 0.29) is 24.1 Å². The molecule has 1 atom stereocenters. The third kappa shape index (κ3) is 3.29. The first kappa shape index (κ1) is 12.5. The molecule has 1 saturated carbocycles. The van der Waals surface area contributed by atoms with Crippen molar-refractivity contribution in [3.63, 3.8) is 0 Å². The van der Waals surface area contributed by atoms with Crippen LogP contribution in [0.4, 0.5) is 4.39 Å². The van der Waals surface area contributed by atoms with Gasteiger partial charge in [-0.2, -0.15) is 0 Å². The Morgan fingerprint density at radius 2 is 1.94 bits per heavy atom. The second kappa shape index (κ2) is 5.16. The molecule has 1 fully saturated rings. The predicted octanol–water partition coefficient (Wildman–Crippen LogP) is 1.87. The van der Waals surface area contributed by atoms with E-state index in [9.17, 15) is 14.0 Å². The first-order chi connectivity index (χ1) is 8.56. The number of halogens is 1. The van der Waals surface area contributed by atoms with Gasteiger partial charge < -0.3 is 10.4 Å². The Labute approximate surface area is 104 Å². The van der Waals surface area contributed by atoms with E-state index in [1.54, 1.807) is 0 Å². The number of amides is 1. The highest BCUT2D eigenvalue weighted by Gasteiger charge is 2.31. The van der Waals surface area contributed by atoms with E-state index >= 15 is 0 Å². The zero-order valence-corrected chi connectivity index (χ0v) is 9.73. The van der Waals surface area contributed by atoms with Gasteiger partial charge in [0.2, 0.25) is 5.91 Å². The predicted molar refractivity (Wildman–Crippen MR) is 62.3 cm³/mol. The summed E-state index contributed by atoms with van der Waals surface area (Å²) in [7, 11) is 0. The fourth-order valence-corrected chi connectivity index (χ4v) is 1.76. The number of carboxylic acid groups (broad SMARTS) is 1. The van der Waals surface area contributed by atoms with Crippen molar-refractivity contribution in [3.05, 3.63) is 35.6 Å². The highest BCUT2D eigenvalue weighted by Crippen LogP contribution is 2.30. The molecule has 1 amide bonds. The van der Waals surface area contributed by atoms with E-state index in [2.05, 4.69) is 5.32 Å². The van der Waals surface area contributed by atoms with Crippen LogP contribution in [0.25, 0.3) is 0 Å². The fraction of sp³-hybridized carbons (Fsp3) is 0.385. The average molecular weight is 251 g/mol. The molecule has 0 spiro atoms. The van der Waals surface area contributed by atoms with E-state index in [4.69, 9.17) is 5.11 Å². The summed E-state index contributed by atoms with van der Waals surface area (Å²) in [6, 6.07) is 4.91. The zero-order chi connectivity index (χ0) is 13.1. The monoisotopic (exact) mass is 251 g/mol. The number of hydrogen-bond donors (Lipinski definition) is 2. The molecule has 0 radical (unpaired) electrons. The fourth-order valence-electron chi connectivity index (χ4n) is 1.76. The first-order valence-corrected chi connectivity index (χ1v) is 5.84. The SMILES string of the molecule is O=C(O)C[C@H](NC(=O)C1CC1)c1ccc(F)cc1. The molecule has 0 heterocycles. The number of carbonyl (C=O) groups is 2. The van der Waals surface area contributed by atoms with Crippen molar-refractivity contribution in [2.45, 2.75) is 25.3 Å². The van der Waals surface area contributed by atoms with Crippen LogP contribution in [0.3, 0.4) is 0 Å².